The number of rotatable bonds is 3. The Labute approximate surface area is 129 Å². The van der Waals surface area contributed by atoms with Gasteiger partial charge in [0.1, 0.15) is 11.1 Å². The quantitative estimate of drug-likeness (QED) is 0.917. The highest BCUT2D eigenvalue weighted by Gasteiger charge is 2.41. The lowest BCUT2D eigenvalue weighted by atomic mass is 10.0. The van der Waals surface area contributed by atoms with E-state index in [9.17, 15) is 14.7 Å². The lowest BCUT2D eigenvalue weighted by molar-refractivity contribution is -0.142. The number of nitrogens with zero attached hydrogens (tertiary/aromatic N) is 1. The average Bonchev–Trinajstić information content (AvgIpc) is 2.29. The molecule has 1 rings (SSSR count). The number of carbonyl (C=O) groups excluding carboxylic acids is 1. The second-order valence-electron chi connectivity index (χ2n) is 6.16. The molecule has 0 aliphatic rings. The molecule has 0 saturated carbocycles. The van der Waals surface area contributed by atoms with Crippen molar-refractivity contribution in [1.82, 2.24) is 0 Å². The number of hydrogen-bond donors (Lipinski definition) is 1. The topological polar surface area (TPSA) is 66.8 Å². The average molecular weight is 314 g/mol. The fourth-order valence-corrected chi connectivity index (χ4v) is 1.78. The summed E-state index contributed by atoms with van der Waals surface area (Å²) in [7, 11) is 0. The fourth-order valence-electron chi connectivity index (χ4n) is 1.65. The van der Waals surface area contributed by atoms with E-state index >= 15 is 0 Å². The van der Waals surface area contributed by atoms with Gasteiger partial charge in [0.05, 0.1) is 0 Å². The number of aliphatic carboxylic acids is 1. The van der Waals surface area contributed by atoms with Crippen LogP contribution in [0.3, 0.4) is 0 Å². The van der Waals surface area contributed by atoms with Gasteiger partial charge in [0.2, 0.25) is 0 Å². The maximum Gasteiger partial charge on any atom is 0.415 e. The van der Waals surface area contributed by atoms with Gasteiger partial charge in [0.25, 0.3) is 0 Å². The Bertz CT molecular complexity index is 532. The van der Waals surface area contributed by atoms with Gasteiger partial charge in [-0.2, -0.15) is 0 Å². The third kappa shape index (κ3) is 4.36. The molecule has 0 aliphatic heterocycles. The Morgan fingerprint density at radius 1 is 1.10 bits per heavy atom. The molecular formula is C15H20ClNO4. The van der Waals surface area contributed by atoms with Crippen molar-refractivity contribution in [3.05, 3.63) is 29.3 Å². The molecule has 0 heterocycles. The number of carbonyl (C=O) groups is 2. The number of benzene rings is 1. The first-order chi connectivity index (χ1) is 9.45. The standard InChI is InChI=1S/C15H20ClNO4/c1-14(2,3)21-13(20)17(15(4,5)12(18)19)11-8-6-10(16)7-9-11/h6-9H,1-5H3,(H,18,19). The Balaban J connectivity index is 3.27. The Morgan fingerprint density at radius 2 is 1.57 bits per heavy atom. The molecule has 6 heteroatoms. The minimum Gasteiger partial charge on any atom is -0.480 e. The molecule has 0 aliphatic carbocycles. The van der Waals surface area contributed by atoms with Crippen molar-refractivity contribution in [2.24, 2.45) is 0 Å². The van der Waals surface area contributed by atoms with E-state index in [-0.39, 0.29) is 0 Å². The Kier molecular flexibility index (Phi) is 4.89. The first-order valence-corrected chi connectivity index (χ1v) is 6.85. The molecule has 116 valence electrons. The van der Waals surface area contributed by atoms with E-state index in [0.29, 0.717) is 10.7 Å². The molecule has 0 radical (unpaired) electrons. The molecule has 0 aromatic heterocycles. The largest absolute Gasteiger partial charge is 0.480 e. The molecule has 1 amide bonds. The van der Waals surface area contributed by atoms with Crippen LogP contribution in [0.25, 0.3) is 0 Å². The molecule has 5 nitrogen and oxygen atoms in total. The van der Waals surface area contributed by atoms with E-state index in [0.717, 1.165) is 4.90 Å². The molecular weight excluding hydrogens is 294 g/mol. The van der Waals surface area contributed by atoms with Crippen molar-refractivity contribution in [2.45, 2.75) is 45.8 Å². The molecule has 21 heavy (non-hydrogen) atoms. The van der Waals surface area contributed by atoms with E-state index < -0.39 is 23.2 Å². The number of amides is 1. The van der Waals surface area contributed by atoms with Crippen molar-refractivity contribution in [1.29, 1.82) is 0 Å². The first-order valence-electron chi connectivity index (χ1n) is 6.47. The summed E-state index contributed by atoms with van der Waals surface area (Å²) in [5.74, 6) is -1.14. The highest BCUT2D eigenvalue weighted by atomic mass is 35.5. The Morgan fingerprint density at radius 3 is 1.95 bits per heavy atom. The van der Waals surface area contributed by atoms with Crippen LogP contribution in [-0.4, -0.2) is 28.3 Å². The molecule has 0 saturated heterocycles. The monoisotopic (exact) mass is 313 g/mol. The number of carboxylic acids is 1. The minimum atomic E-state index is -1.46. The van der Waals surface area contributed by atoms with Crippen LogP contribution in [0.1, 0.15) is 34.6 Å². The van der Waals surface area contributed by atoms with E-state index in [2.05, 4.69) is 0 Å². The summed E-state index contributed by atoms with van der Waals surface area (Å²) in [6.45, 7) is 8.04. The van der Waals surface area contributed by atoms with Gasteiger partial charge in [-0.1, -0.05) is 11.6 Å². The third-order valence-electron chi connectivity index (χ3n) is 2.74. The van der Waals surface area contributed by atoms with Gasteiger partial charge >= 0.3 is 12.1 Å². The van der Waals surface area contributed by atoms with Gasteiger partial charge in [0.15, 0.2) is 0 Å². The summed E-state index contributed by atoms with van der Waals surface area (Å²) in [6, 6.07) is 6.34. The minimum absolute atomic E-state index is 0.404. The van der Waals surface area contributed by atoms with E-state index in [4.69, 9.17) is 16.3 Å². The van der Waals surface area contributed by atoms with Crippen molar-refractivity contribution in [2.75, 3.05) is 4.90 Å². The number of halogens is 1. The van der Waals surface area contributed by atoms with E-state index in [1.807, 2.05) is 0 Å². The van der Waals surface area contributed by atoms with Crippen LogP contribution < -0.4 is 4.90 Å². The molecule has 1 N–H and O–H groups in total. The van der Waals surface area contributed by atoms with Crippen LogP contribution >= 0.6 is 11.6 Å². The summed E-state index contributed by atoms with van der Waals surface area (Å²) < 4.78 is 5.31. The fraction of sp³-hybridized carbons (Fsp3) is 0.467. The zero-order valence-electron chi connectivity index (χ0n) is 12.8. The van der Waals surface area contributed by atoms with E-state index in [1.54, 1.807) is 45.0 Å². The molecule has 0 atom stereocenters. The van der Waals surface area contributed by atoms with Crippen LogP contribution in [0.4, 0.5) is 10.5 Å². The summed E-state index contributed by atoms with van der Waals surface area (Å²) in [5.41, 5.74) is -1.78. The van der Waals surface area contributed by atoms with Crippen LogP contribution in [0.5, 0.6) is 0 Å². The lowest BCUT2D eigenvalue weighted by Crippen LogP contribution is -2.54. The maximum atomic E-state index is 12.4. The number of ether oxygens (including phenoxy) is 1. The predicted octanol–water partition coefficient (Wildman–Crippen LogP) is 3.94. The second-order valence-corrected chi connectivity index (χ2v) is 6.59. The van der Waals surface area contributed by atoms with Crippen molar-refractivity contribution in [3.8, 4) is 0 Å². The smallest absolute Gasteiger partial charge is 0.415 e. The third-order valence-corrected chi connectivity index (χ3v) is 3.00. The van der Waals surface area contributed by atoms with Crippen LogP contribution in [0.2, 0.25) is 5.02 Å². The van der Waals surface area contributed by atoms with Crippen LogP contribution in [0, 0.1) is 0 Å². The highest BCUT2D eigenvalue weighted by molar-refractivity contribution is 6.30. The van der Waals surface area contributed by atoms with Gasteiger partial charge in [-0.3, -0.25) is 4.90 Å². The normalized spacial score (nSPS) is 11.9. The molecule has 0 spiro atoms. The summed E-state index contributed by atoms with van der Waals surface area (Å²) in [4.78, 5) is 25.0. The summed E-state index contributed by atoms with van der Waals surface area (Å²) in [5, 5.41) is 9.90. The number of hydrogen-bond acceptors (Lipinski definition) is 3. The van der Waals surface area contributed by atoms with Gasteiger partial charge in [-0.15, -0.1) is 0 Å². The van der Waals surface area contributed by atoms with E-state index in [1.165, 1.54) is 13.8 Å². The molecule has 0 bridgehead atoms. The van der Waals surface area contributed by atoms with Crippen molar-refractivity contribution >= 4 is 29.4 Å². The second kappa shape index (κ2) is 5.93. The summed E-state index contributed by atoms with van der Waals surface area (Å²) in [6.07, 6.45) is -0.725. The SMILES string of the molecule is CC(C)(C)OC(=O)N(c1ccc(Cl)cc1)C(C)(C)C(=O)O. The number of anilines is 1. The van der Waals surface area contributed by atoms with Gasteiger partial charge in [-0.25, -0.2) is 9.59 Å². The van der Waals surface area contributed by atoms with Crippen LogP contribution in [0.15, 0.2) is 24.3 Å². The van der Waals surface area contributed by atoms with Gasteiger partial charge in [-0.05, 0) is 58.9 Å². The van der Waals surface area contributed by atoms with Crippen LogP contribution in [-0.2, 0) is 9.53 Å². The molecule has 0 unspecified atom stereocenters. The molecule has 1 aromatic rings. The lowest BCUT2D eigenvalue weighted by Gasteiger charge is -2.36. The predicted molar refractivity (Wildman–Crippen MR) is 81.9 cm³/mol. The zero-order valence-corrected chi connectivity index (χ0v) is 13.6. The maximum absolute atomic E-state index is 12.4. The van der Waals surface area contributed by atoms with Gasteiger partial charge < -0.3 is 9.84 Å². The molecule has 0 fully saturated rings. The zero-order chi connectivity index (χ0) is 16.4. The highest BCUT2D eigenvalue weighted by Crippen LogP contribution is 2.28. The first kappa shape index (κ1) is 17.3. The molecule has 1 aromatic carbocycles. The van der Waals surface area contributed by atoms with Gasteiger partial charge in [0, 0.05) is 10.7 Å². The van der Waals surface area contributed by atoms with Crippen molar-refractivity contribution in [3.63, 3.8) is 0 Å². The van der Waals surface area contributed by atoms with Crippen molar-refractivity contribution < 1.29 is 19.4 Å². The summed E-state index contributed by atoms with van der Waals surface area (Å²) >= 11 is 5.83. The Hall–Kier alpha value is -1.75. The number of carboxylic acid groups (broad SMARTS) is 1.